The molecule has 2 amide bonds. The summed E-state index contributed by atoms with van der Waals surface area (Å²) in [4.78, 5) is 25.7. The molecule has 0 spiro atoms. The minimum atomic E-state index is -3.68. The van der Waals surface area contributed by atoms with E-state index in [2.05, 4.69) is 10.0 Å². The lowest BCUT2D eigenvalue weighted by atomic mass is 10.1. The van der Waals surface area contributed by atoms with E-state index in [4.69, 9.17) is 9.47 Å². The lowest BCUT2D eigenvalue weighted by Gasteiger charge is -2.23. The third kappa shape index (κ3) is 4.30. The van der Waals surface area contributed by atoms with Gasteiger partial charge in [0.1, 0.15) is 6.10 Å². The number of nitrogens with one attached hydrogen (secondary N) is 2. The number of amides is 2. The summed E-state index contributed by atoms with van der Waals surface area (Å²) in [5.74, 6) is -0.194. The molecular formula is C20H21N3O6S. The molecule has 2 aliphatic heterocycles. The van der Waals surface area contributed by atoms with Crippen molar-refractivity contribution in [2.75, 3.05) is 31.1 Å². The molecule has 4 rings (SSSR count). The highest BCUT2D eigenvalue weighted by atomic mass is 32.2. The van der Waals surface area contributed by atoms with Crippen LogP contribution < -0.4 is 14.9 Å². The summed E-state index contributed by atoms with van der Waals surface area (Å²) in [5.41, 5.74) is 1.28. The molecule has 2 aromatic carbocycles. The normalized spacial score (nSPS) is 21.9. The Balaban J connectivity index is 1.38. The molecule has 2 aliphatic rings. The molecule has 2 fully saturated rings. The van der Waals surface area contributed by atoms with Gasteiger partial charge in [0.15, 0.2) is 6.10 Å². The predicted octanol–water partition coefficient (Wildman–Crippen LogP) is 1.18. The Labute approximate surface area is 174 Å². The Kier molecular flexibility index (Phi) is 5.71. The lowest BCUT2D eigenvalue weighted by molar-refractivity contribution is -0.138. The summed E-state index contributed by atoms with van der Waals surface area (Å²) in [7, 11) is -3.68. The number of cyclic esters (lactones) is 1. The summed E-state index contributed by atoms with van der Waals surface area (Å²) in [5, 5.41) is 2.75. The first kappa shape index (κ1) is 20.3. The van der Waals surface area contributed by atoms with Crippen LogP contribution in [0.15, 0.2) is 59.5 Å². The first-order chi connectivity index (χ1) is 14.4. The zero-order valence-electron chi connectivity index (χ0n) is 16.0. The second kappa shape index (κ2) is 8.42. The minimum Gasteiger partial charge on any atom is -0.443 e. The van der Waals surface area contributed by atoms with Crippen LogP contribution in [0.5, 0.6) is 0 Å². The van der Waals surface area contributed by atoms with E-state index in [0.29, 0.717) is 24.4 Å². The topological polar surface area (TPSA) is 114 Å². The molecule has 2 N–H and O–H groups in total. The molecule has 10 heteroatoms. The van der Waals surface area contributed by atoms with Crippen LogP contribution >= 0.6 is 0 Å². The first-order valence-corrected chi connectivity index (χ1v) is 10.9. The summed E-state index contributed by atoms with van der Waals surface area (Å²) in [6, 6.07) is 14.9. The van der Waals surface area contributed by atoms with Crippen molar-refractivity contribution in [1.82, 2.24) is 10.0 Å². The smallest absolute Gasteiger partial charge is 0.414 e. The average Bonchev–Trinajstić information content (AvgIpc) is 3.14. The number of hydrogen-bond acceptors (Lipinski definition) is 6. The van der Waals surface area contributed by atoms with Gasteiger partial charge in [-0.15, -0.1) is 0 Å². The maximum absolute atomic E-state index is 12.3. The Hall–Kier alpha value is -2.95. The van der Waals surface area contributed by atoms with E-state index >= 15 is 0 Å². The number of anilines is 1. The predicted molar refractivity (Wildman–Crippen MR) is 107 cm³/mol. The number of carbonyl (C=O) groups excluding carboxylic acids is 2. The quantitative estimate of drug-likeness (QED) is 0.710. The molecule has 30 heavy (non-hydrogen) atoms. The van der Waals surface area contributed by atoms with Crippen molar-refractivity contribution >= 4 is 27.7 Å². The minimum absolute atomic E-state index is 0.0341. The molecule has 0 aromatic heterocycles. The van der Waals surface area contributed by atoms with Gasteiger partial charge in [0, 0.05) is 18.8 Å². The van der Waals surface area contributed by atoms with E-state index < -0.39 is 28.3 Å². The second-order valence-electron chi connectivity index (χ2n) is 6.91. The average molecular weight is 431 g/mol. The van der Waals surface area contributed by atoms with Crippen molar-refractivity contribution in [2.24, 2.45) is 0 Å². The third-order valence-corrected chi connectivity index (χ3v) is 6.30. The van der Waals surface area contributed by atoms with E-state index in [0.717, 1.165) is 0 Å². The van der Waals surface area contributed by atoms with Crippen LogP contribution in [-0.4, -0.2) is 52.8 Å². The molecule has 2 atom stereocenters. The summed E-state index contributed by atoms with van der Waals surface area (Å²) in [6.45, 7) is 1.10. The van der Waals surface area contributed by atoms with E-state index in [1.165, 1.54) is 17.0 Å². The van der Waals surface area contributed by atoms with Gasteiger partial charge in [-0.1, -0.05) is 30.3 Å². The van der Waals surface area contributed by atoms with Gasteiger partial charge >= 0.3 is 6.09 Å². The molecule has 2 aromatic rings. The number of carbonyl (C=O) groups is 2. The largest absolute Gasteiger partial charge is 0.443 e. The Morgan fingerprint density at radius 1 is 1.07 bits per heavy atom. The van der Waals surface area contributed by atoms with Gasteiger partial charge in [0.05, 0.1) is 18.0 Å². The first-order valence-electron chi connectivity index (χ1n) is 9.46. The van der Waals surface area contributed by atoms with Crippen molar-refractivity contribution in [1.29, 1.82) is 0 Å². The van der Waals surface area contributed by atoms with Crippen molar-refractivity contribution < 1.29 is 27.5 Å². The van der Waals surface area contributed by atoms with Crippen molar-refractivity contribution in [2.45, 2.75) is 17.1 Å². The van der Waals surface area contributed by atoms with Crippen LogP contribution in [-0.2, 0) is 24.3 Å². The Bertz CT molecular complexity index is 1030. The molecule has 0 bridgehead atoms. The number of sulfonamides is 1. The van der Waals surface area contributed by atoms with Gasteiger partial charge in [-0.3, -0.25) is 9.69 Å². The van der Waals surface area contributed by atoms with Crippen LogP contribution in [0.25, 0.3) is 0 Å². The third-order valence-electron chi connectivity index (χ3n) is 4.86. The fourth-order valence-electron chi connectivity index (χ4n) is 3.32. The maximum atomic E-state index is 12.3. The van der Waals surface area contributed by atoms with Crippen molar-refractivity contribution in [3.8, 4) is 0 Å². The number of rotatable bonds is 6. The maximum Gasteiger partial charge on any atom is 0.414 e. The fourth-order valence-corrected chi connectivity index (χ4v) is 4.41. The van der Waals surface area contributed by atoms with Crippen LogP contribution in [0, 0.1) is 0 Å². The van der Waals surface area contributed by atoms with Crippen molar-refractivity contribution in [3.63, 3.8) is 0 Å². The van der Waals surface area contributed by atoms with Gasteiger partial charge in [0.2, 0.25) is 10.0 Å². The van der Waals surface area contributed by atoms with Crippen LogP contribution in [0.1, 0.15) is 11.7 Å². The molecule has 9 nitrogen and oxygen atoms in total. The van der Waals surface area contributed by atoms with E-state index in [9.17, 15) is 18.0 Å². The number of ether oxygens (including phenoxy) is 2. The summed E-state index contributed by atoms with van der Waals surface area (Å²) in [6.07, 6.45) is -1.85. The number of nitrogens with zero attached hydrogens (tertiary/aromatic N) is 1. The standard InChI is InChI=1S/C20H21N3O6S/c24-19-18(28-11-10-21-19)14-6-8-15(9-7-14)23-13-16(29-20(23)25)12-22-30(26,27)17-4-2-1-3-5-17/h1-9,16,18,22H,10-13H2,(H,21,24)/t16-,18?/m0/s1. The molecule has 2 heterocycles. The van der Waals surface area contributed by atoms with E-state index in [-0.39, 0.29) is 23.9 Å². The monoisotopic (exact) mass is 431 g/mol. The highest BCUT2D eigenvalue weighted by Crippen LogP contribution is 2.26. The zero-order valence-corrected chi connectivity index (χ0v) is 16.8. The number of morpholine rings is 1. The number of hydrogen-bond donors (Lipinski definition) is 2. The Morgan fingerprint density at radius 2 is 1.80 bits per heavy atom. The fraction of sp³-hybridized carbons (Fsp3) is 0.300. The molecule has 2 saturated heterocycles. The van der Waals surface area contributed by atoms with Gasteiger partial charge in [-0.25, -0.2) is 17.9 Å². The Morgan fingerprint density at radius 3 is 2.50 bits per heavy atom. The lowest BCUT2D eigenvalue weighted by Crippen LogP contribution is -2.39. The molecule has 1 unspecified atom stereocenters. The zero-order chi connectivity index (χ0) is 21.1. The van der Waals surface area contributed by atoms with Crippen molar-refractivity contribution in [3.05, 3.63) is 60.2 Å². The van der Waals surface area contributed by atoms with Gasteiger partial charge in [-0.2, -0.15) is 0 Å². The molecule has 0 saturated carbocycles. The van der Waals surface area contributed by atoms with Gasteiger partial charge in [-0.05, 0) is 29.8 Å². The molecular weight excluding hydrogens is 410 g/mol. The summed E-state index contributed by atoms with van der Waals surface area (Å²) < 4.78 is 37.9. The van der Waals surface area contributed by atoms with Crippen LogP contribution in [0.3, 0.4) is 0 Å². The molecule has 0 radical (unpaired) electrons. The van der Waals surface area contributed by atoms with Crippen LogP contribution in [0.2, 0.25) is 0 Å². The second-order valence-corrected chi connectivity index (χ2v) is 8.68. The number of benzene rings is 2. The molecule has 0 aliphatic carbocycles. The highest BCUT2D eigenvalue weighted by Gasteiger charge is 2.33. The SMILES string of the molecule is O=C1NCCOC1c1ccc(N2C[C@H](CNS(=O)(=O)c3ccccc3)OC2=O)cc1. The van der Waals surface area contributed by atoms with Gasteiger partial charge in [0.25, 0.3) is 5.91 Å². The van der Waals surface area contributed by atoms with E-state index in [1.807, 2.05) is 0 Å². The van der Waals surface area contributed by atoms with E-state index in [1.54, 1.807) is 42.5 Å². The van der Waals surface area contributed by atoms with Crippen LogP contribution in [0.4, 0.5) is 10.5 Å². The highest BCUT2D eigenvalue weighted by molar-refractivity contribution is 7.89. The molecule has 158 valence electrons. The summed E-state index contributed by atoms with van der Waals surface area (Å²) >= 11 is 0. The van der Waals surface area contributed by atoms with Gasteiger partial charge < -0.3 is 14.8 Å².